The Hall–Kier alpha value is -1.13. The minimum absolute atomic E-state index is 0.210. The molecule has 1 saturated heterocycles. The van der Waals surface area contributed by atoms with Crippen LogP contribution in [-0.2, 0) is 9.47 Å². The minimum atomic E-state index is -2.15. The number of hydrogen-bond donors (Lipinski definition) is 8. The van der Waals surface area contributed by atoms with Crippen LogP contribution >= 0.6 is 0 Å². The molecule has 0 aromatic heterocycles. The second-order valence-corrected chi connectivity index (χ2v) is 5.90. The lowest BCUT2D eigenvalue weighted by molar-refractivity contribution is -0.233. The summed E-state index contributed by atoms with van der Waals surface area (Å²) in [5.74, 6) is 0. The Morgan fingerprint density at radius 3 is 1.38 bits per heavy atom. The Bertz CT molecular complexity index is 414. The van der Waals surface area contributed by atoms with E-state index < -0.39 is 68.9 Å². The standard InChI is InChI=1S/C13H26N2O11/c1-5(16)3-25-11(22)9(20)14-7(18)8(19)15(13(14)24)10(21)12(23)26-4-6(2)17/h5-12,16-23H,3-4H2,1-2H3. The van der Waals surface area contributed by atoms with Crippen molar-refractivity contribution in [1.29, 1.82) is 0 Å². The molecule has 8 N–H and O–H groups in total. The van der Waals surface area contributed by atoms with Crippen molar-refractivity contribution in [3.63, 3.8) is 0 Å². The van der Waals surface area contributed by atoms with E-state index in [0.29, 0.717) is 0 Å². The Morgan fingerprint density at radius 2 is 1.12 bits per heavy atom. The molecule has 8 atom stereocenters. The van der Waals surface area contributed by atoms with Crippen molar-refractivity contribution < 1.29 is 55.1 Å². The van der Waals surface area contributed by atoms with Crippen LogP contribution in [-0.4, -0.2) is 120 Å². The number of carbonyl (C=O) groups excluding carboxylic acids is 1. The second kappa shape index (κ2) is 9.70. The average Bonchev–Trinajstić information content (AvgIpc) is 2.78. The van der Waals surface area contributed by atoms with E-state index in [4.69, 9.17) is 19.7 Å². The van der Waals surface area contributed by atoms with Crippen LogP contribution in [0.3, 0.4) is 0 Å². The number of aliphatic hydroxyl groups is 8. The first kappa shape index (κ1) is 22.9. The van der Waals surface area contributed by atoms with Crippen molar-refractivity contribution in [1.82, 2.24) is 9.80 Å². The van der Waals surface area contributed by atoms with Gasteiger partial charge >= 0.3 is 6.03 Å². The highest BCUT2D eigenvalue weighted by molar-refractivity contribution is 5.77. The van der Waals surface area contributed by atoms with Crippen molar-refractivity contribution in [3.8, 4) is 0 Å². The molecule has 13 nitrogen and oxygen atoms in total. The SMILES string of the molecule is CC(O)COC(O)C(O)N1C(=O)N(C(O)C(O)OCC(C)O)C(O)C1O. The van der Waals surface area contributed by atoms with E-state index in [1.165, 1.54) is 13.8 Å². The van der Waals surface area contributed by atoms with Gasteiger partial charge in [0, 0.05) is 0 Å². The molecule has 1 fully saturated rings. The van der Waals surface area contributed by atoms with Crippen molar-refractivity contribution in [2.24, 2.45) is 0 Å². The van der Waals surface area contributed by atoms with Crippen LogP contribution in [0.2, 0.25) is 0 Å². The predicted octanol–water partition coefficient (Wildman–Crippen LogP) is -4.57. The summed E-state index contributed by atoms with van der Waals surface area (Å²) in [5, 5.41) is 77.2. The minimum Gasteiger partial charge on any atom is -0.391 e. The highest BCUT2D eigenvalue weighted by atomic mass is 16.6. The summed E-state index contributed by atoms with van der Waals surface area (Å²) in [5.41, 5.74) is 0. The molecule has 0 aromatic rings. The monoisotopic (exact) mass is 386 g/mol. The van der Waals surface area contributed by atoms with Crippen LogP contribution in [0.25, 0.3) is 0 Å². The molecule has 0 aliphatic carbocycles. The predicted molar refractivity (Wildman–Crippen MR) is 80.4 cm³/mol. The van der Waals surface area contributed by atoms with Crippen molar-refractivity contribution >= 4 is 6.03 Å². The summed E-state index contributed by atoms with van der Waals surface area (Å²) in [6.45, 7) is 1.89. The molecule has 0 aromatic carbocycles. The third-order valence-corrected chi connectivity index (χ3v) is 3.37. The number of rotatable bonds is 10. The largest absolute Gasteiger partial charge is 0.391 e. The maximum Gasteiger partial charge on any atom is 0.328 e. The summed E-state index contributed by atoms with van der Waals surface area (Å²) < 4.78 is 9.41. The van der Waals surface area contributed by atoms with E-state index >= 15 is 0 Å². The van der Waals surface area contributed by atoms with Crippen LogP contribution < -0.4 is 0 Å². The van der Waals surface area contributed by atoms with Crippen LogP contribution in [0.15, 0.2) is 0 Å². The van der Waals surface area contributed by atoms with E-state index in [2.05, 4.69) is 0 Å². The fourth-order valence-electron chi connectivity index (χ4n) is 2.11. The molecule has 1 aliphatic heterocycles. The van der Waals surface area contributed by atoms with Gasteiger partial charge in [0.25, 0.3) is 0 Å². The number of hydrogen-bond acceptors (Lipinski definition) is 11. The lowest BCUT2D eigenvalue weighted by Gasteiger charge is -2.30. The van der Waals surface area contributed by atoms with E-state index in [1.807, 2.05) is 0 Å². The summed E-state index contributed by atoms with van der Waals surface area (Å²) in [6, 6.07) is -1.34. The molecule has 8 unspecified atom stereocenters. The van der Waals surface area contributed by atoms with Crippen molar-refractivity contribution in [2.75, 3.05) is 13.2 Å². The first-order chi connectivity index (χ1) is 12.0. The lowest BCUT2D eigenvalue weighted by Crippen LogP contribution is -2.52. The molecule has 1 aliphatic rings. The summed E-state index contributed by atoms with van der Waals surface area (Å²) in [6.07, 6.45) is -14.5. The number of aliphatic hydroxyl groups excluding tert-OH is 8. The normalized spacial score (nSPS) is 28.0. The molecule has 0 spiro atoms. The van der Waals surface area contributed by atoms with Gasteiger partial charge in [-0.3, -0.25) is 9.80 Å². The first-order valence-electron chi connectivity index (χ1n) is 7.77. The van der Waals surface area contributed by atoms with Gasteiger partial charge in [-0.1, -0.05) is 0 Å². The number of nitrogens with zero attached hydrogens (tertiary/aromatic N) is 2. The lowest BCUT2D eigenvalue weighted by atomic mass is 10.4. The molecule has 13 heteroatoms. The summed E-state index contributed by atoms with van der Waals surface area (Å²) in [7, 11) is 0. The zero-order valence-electron chi connectivity index (χ0n) is 14.2. The molecule has 0 saturated carbocycles. The number of urea groups is 1. The van der Waals surface area contributed by atoms with Gasteiger partial charge in [-0.2, -0.15) is 0 Å². The highest BCUT2D eigenvalue weighted by Crippen LogP contribution is 2.26. The first-order valence-corrected chi connectivity index (χ1v) is 7.77. The van der Waals surface area contributed by atoms with Crippen molar-refractivity contribution in [2.45, 2.75) is 63.5 Å². The Morgan fingerprint density at radius 1 is 0.808 bits per heavy atom. The van der Waals surface area contributed by atoms with E-state index in [-0.39, 0.29) is 9.80 Å². The Balaban J connectivity index is 2.82. The molecule has 2 amide bonds. The van der Waals surface area contributed by atoms with Gasteiger partial charge in [-0.15, -0.1) is 0 Å². The zero-order chi connectivity index (χ0) is 20.2. The second-order valence-electron chi connectivity index (χ2n) is 5.90. The van der Waals surface area contributed by atoms with Crippen LogP contribution in [0.4, 0.5) is 4.79 Å². The summed E-state index contributed by atoms with van der Waals surface area (Å²) in [4.78, 5) is 12.7. The van der Waals surface area contributed by atoms with Crippen LogP contribution in [0.5, 0.6) is 0 Å². The molecule has 1 heterocycles. The molecule has 0 bridgehead atoms. The third kappa shape index (κ3) is 5.43. The van der Waals surface area contributed by atoms with Crippen LogP contribution in [0, 0.1) is 0 Å². The average molecular weight is 386 g/mol. The quantitative estimate of drug-likeness (QED) is 0.168. The maximum atomic E-state index is 12.3. The van der Waals surface area contributed by atoms with E-state index in [9.17, 15) is 35.4 Å². The maximum absolute atomic E-state index is 12.3. The molecule has 154 valence electrons. The topological polar surface area (TPSA) is 204 Å². The van der Waals surface area contributed by atoms with Gasteiger partial charge in [-0.25, -0.2) is 4.79 Å². The molecule has 1 rings (SSSR count). The smallest absolute Gasteiger partial charge is 0.328 e. The van der Waals surface area contributed by atoms with Gasteiger partial charge in [-0.05, 0) is 13.8 Å². The number of ether oxygens (including phenoxy) is 2. The highest BCUT2D eigenvalue weighted by Gasteiger charge is 2.52. The van der Waals surface area contributed by atoms with E-state index in [1.54, 1.807) is 0 Å². The Kier molecular flexibility index (Phi) is 8.55. The third-order valence-electron chi connectivity index (χ3n) is 3.37. The zero-order valence-corrected chi connectivity index (χ0v) is 14.2. The van der Waals surface area contributed by atoms with Gasteiger partial charge < -0.3 is 50.3 Å². The van der Waals surface area contributed by atoms with Gasteiger partial charge in [0.1, 0.15) is 0 Å². The fraction of sp³-hybridized carbons (Fsp3) is 0.923. The number of carbonyl (C=O) groups is 1. The fourth-order valence-corrected chi connectivity index (χ4v) is 2.11. The molecular formula is C13H26N2O11. The van der Waals surface area contributed by atoms with Crippen molar-refractivity contribution in [3.05, 3.63) is 0 Å². The van der Waals surface area contributed by atoms with Gasteiger partial charge in [0.2, 0.25) is 12.6 Å². The van der Waals surface area contributed by atoms with Crippen LogP contribution in [0.1, 0.15) is 13.8 Å². The Labute approximate surface area is 148 Å². The molecule has 0 radical (unpaired) electrons. The summed E-state index contributed by atoms with van der Waals surface area (Å²) >= 11 is 0. The van der Waals surface area contributed by atoms with E-state index in [0.717, 1.165) is 0 Å². The van der Waals surface area contributed by atoms with Gasteiger partial charge in [0.15, 0.2) is 24.9 Å². The number of amides is 2. The molecule has 26 heavy (non-hydrogen) atoms. The molecular weight excluding hydrogens is 360 g/mol. The van der Waals surface area contributed by atoms with Gasteiger partial charge in [0.05, 0.1) is 25.4 Å².